The molecule has 5 heteroatoms. The Morgan fingerprint density at radius 2 is 1.91 bits per heavy atom. The van der Waals surface area contributed by atoms with Crippen LogP contribution in [0.4, 0.5) is 0 Å². The molecule has 2 rings (SSSR count). The van der Waals surface area contributed by atoms with Gasteiger partial charge in [0.25, 0.3) is 0 Å². The van der Waals surface area contributed by atoms with E-state index in [1.54, 1.807) is 0 Å². The third-order valence-electron chi connectivity index (χ3n) is 4.00. The highest BCUT2D eigenvalue weighted by atomic mass is 127. The quantitative estimate of drug-likeness (QED) is 0.451. The van der Waals surface area contributed by atoms with E-state index in [9.17, 15) is 0 Å². The van der Waals surface area contributed by atoms with Crippen molar-refractivity contribution in [1.82, 2.24) is 15.5 Å². The Bertz CT molecular complexity index is 487. The van der Waals surface area contributed by atoms with Gasteiger partial charge in [0.1, 0.15) is 0 Å². The van der Waals surface area contributed by atoms with E-state index >= 15 is 0 Å². The molecule has 0 radical (unpaired) electrons. The lowest BCUT2D eigenvalue weighted by Gasteiger charge is -2.34. The van der Waals surface area contributed by atoms with Gasteiger partial charge in [-0.25, -0.2) is 0 Å². The van der Waals surface area contributed by atoms with Gasteiger partial charge in [-0.05, 0) is 38.3 Å². The van der Waals surface area contributed by atoms with Crippen molar-refractivity contribution in [2.24, 2.45) is 4.99 Å². The Balaban J connectivity index is 0.00000242. The maximum atomic E-state index is 4.26. The highest BCUT2D eigenvalue weighted by Gasteiger charge is 2.20. The Labute approximate surface area is 151 Å². The van der Waals surface area contributed by atoms with Crippen molar-refractivity contribution in [1.29, 1.82) is 0 Å². The average molecular weight is 416 g/mol. The van der Waals surface area contributed by atoms with Crippen LogP contribution in [0.15, 0.2) is 29.3 Å². The second-order valence-corrected chi connectivity index (χ2v) is 6.09. The minimum atomic E-state index is 0. The van der Waals surface area contributed by atoms with Gasteiger partial charge in [0, 0.05) is 38.8 Å². The first-order valence-corrected chi connectivity index (χ1v) is 7.88. The van der Waals surface area contributed by atoms with Crippen molar-refractivity contribution in [2.45, 2.75) is 45.8 Å². The van der Waals surface area contributed by atoms with Crippen LogP contribution in [0.5, 0.6) is 0 Å². The summed E-state index contributed by atoms with van der Waals surface area (Å²) in [7, 11) is 1.82. The minimum absolute atomic E-state index is 0. The van der Waals surface area contributed by atoms with Gasteiger partial charge < -0.3 is 10.6 Å². The molecule has 1 atom stereocenters. The van der Waals surface area contributed by atoms with Crippen molar-refractivity contribution in [3.05, 3.63) is 35.4 Å². The molecule has 0 aromatic heterocycles. The summed E-state index contributed by atoms with van der Waals surface area (Å²) in [5.41, 5.74) is 2.98. The summed E-state index contributed by atoms with van der Waals surface area (Å²) in [5, 5.41) is 6.74. The molecule has 124 valence electrons. The summed E-state index contributed by atoms with van der Waals surface area (Å²) in [4.78, 5) is 6.80. The summed E-state index contributed by atoms with van der Waals surface area (Å²) in [6.45, 7) is 9.62. The monoisotopic (exact) mass is 416 g/mol. The highest BCUT2D eigenvalue weighted by Crippen LogP contribution is 2.19. The molecule has 0 bridgehead atoms. The largest absolute Gasteiger partial charge is 0.355 e. The molecular formula is C17H29IN4. The van der Waals surface area contributed by atoms with Gasteiger partial charge in [-0.2, -0.15) is 0 Å². The van der Waals surface area contributed by atoms with Gasteiger partial charge in [-0.15, -0.1) is 24.0 Å². The molecular weight excluding hydrogens is 387 g/mol. The third-order valence-corrected chi connectivity index (χ3v) is 4.00. The van der Waals surface area contributed by atoms with Crippen LogP contribution >= 0.6 is 24.0 Å². The number of nitrogens with zero attached hydrogens (tertiary/aromatic N) is 2. The maximum absolute atomic E-state index is 4.26. The Hall–Kier alpha value is -0.820. The molecule has 1 heterocycles. The lowest BCUT2D eigenvalue weighted by atomic mass is 9.99. The first-order valence-electron chi connectivity index (χ1n) is 7.88. The Morgan fingerprint density at radius 1 is 1.23 bits per heavy atom. The fourth-order valence-electron chi connectivity index (χ4n) is 2.74. The number of benzene rings is 1. The van der Waals surface area contributed by atoms with Crippen molar-refractivity contribution >= 4 is 29.9 Å². The van der Waals surface area contributed by atoms with E-state index in [1.165, 1.54) is 11.1 Å². The summed E-state index contributed by atoms with van der Waals surface area (Å²) in [6, 6.07) is 9.67. The molecule has 0 spiro atoms. The molecule has 1 aromatic rings. The van der Waals surface area contributed by atoms with E-state index in [0.29, 0.717) is 12.1 Å². The van der Waals surface area contributed by atoms with Crippen LogP contribution in [-0.2, 0) is 13.0 Å². The predicted molar refractivity (Wildman–Crippen MR) is 105 cm³/mol. The van der Waals surface area contributed by atoms with Crippen LogP contribution in [0, 0.1) is 0 Å². The zero-order chi connectivity index (χ0) is 15.2. The van der Waals surface area contributed by atoms with Crippen molar-refractivity contribution in [3.8, 4) is 0 Å². The lowest BCUT2D eigenvalue weighted by molar-refractivity contribution is 0.191. The number of nitrogens with one attached hydrogen (secondary N) is 2. The third kappa shape index (κ3) is 5.43. The number of fused-ring (bicyclic) bond motifs is 1. The standard InChI is InChI=1S/C17H28N4.HI/c1-13(2)20-17(18-4)19-11-14(3)21-10-9-15-7-5-6-8-16(15)12-21;/h5-8,13-14H,9-12H2,1-4H3,(H2,18,19,20);1H. The van der Waals surface area contributed by atoms with Crippen LogP contribution in [0.1, 0.15) is 31.9 Å². The topological polar surface area (TPSA) is 39.7 Å². The van der Waals surface area contributed by atoms with Crippen LogP contribution in [0.2, 0.25) is 0 Å². The molecule has 2 N–H and O–H groups in total. The molecule has 0 amide bonds. The number of hydrogen-bond acceptors (Lipinski definition) is 2. The Kier molecular flexibility index (Phi) is 8.17. The molecule has 1 aromatic carbocycles. The maximum Gasteiger partial charge on any atom is 0.191 e. The summed E-state index contributed by atoms with van der Waals surface area (Å²) < 4.78 is 0. The van der Waals surface area contributed by atoms with Gasteiger partial charge in [0.05, 0.1) is 0 Å². The van der Waals surface area contributed by atoms with Gasteiger partial charge in [0.2, 0.25) is 0 Å². The van der Waals surface area contributed by atoms with E-state index in [2.05, 4.69) is 65.6 Å². The second kappa shape index (κ2) is 9.35. The van der Waals surface area contributed by atoms with E-state index < -0.39 is 0 Å². The lowest BCUT2D eigenvalue weighted by Crippen LogP contribution is -2.48. The molecule has 0 saturated heterocycles. The van der Waals surface area contributed by atoms with Gasteiger partial charge in [0.15, 0.2) is 5.96 Å². The van der Waals surface area contributed by atoms with Crippen LogP contribution in [0.25, 0.3) is 0 Å². The van der Waals surface area contributed by atoms with Crippen molar-refractivity contribution < 1.29 is 0 Å². The SMILES string of the molecule is CN=C(NCC(C)N1CCc2ccccc2C1)NC(C)C.I. The van der Waals surface area contributed by atoms with Crippen LogP contribution in [-0.4, -0.2) is 43.1 Å². The molecule has 0 fully saturated rings. The summed E-state index contributed by atoms with van der Waals surface area (Å²) >= 11 is 0. The van der Waals surface area contributed by atoms with Gasteiger partial charge in [-0.1, -0.05) is 24.3 Å². The van der Waals surface area contributed by atoms with Gasteiger partial charge in [-0.3, -0.25) is 9.89 Å². The van der Waals surface area contributed by atoms with Crippen molar-refractivity contribution in [3.63, 3.8) is 0 Å². The second-order valence-electron chi connectivity index (χ2n) is 6.09. The fourth-order valence-corrected chi connectivity index (χ4v) is 2.74. The van der Waals surface area contributed by atoms with Crippen molar-refractivity contribution in [2.75, 3.05) is 20.1 Å². The number of rotatable bonds is 4. The predicted octanol–water partition coefficient (Wildman–Crippen LogP) is 2.62. The highest BCUT2D eigenvalue weighted by molar-refractivity contribution is 14.0. The van der Waals surface area contributed by atoms with Crippen LogP contribution < -0.4 is 10.6 Å². The van der Waals surface area contributed by atoms with E-state index in [0.717, 1.165) is 32.0 Å². The van der Waals surface area contributed by atoms with E-state index in [-0.39, 0.29) is 24.0 Å². The normalized spacial score (nSPS) is 16.7. The molecule has 1 unspecified atom stereocenters. The Morgan fingerprint density at radius 3 is 2.55 bits per heavy atom. The number of hydrogen-bond donors (Lipinski definition) is 2. The smallest absolute Gasteiger partial charge is 0.191 e. The van der Waals surface area contributed by atoms with E-state index in [1.807, 2.05) is 7.05 Å². The molecule has 0 aliphatic carbocycles. The molecule has 22 heavy (non-hydrogen) atoms. The zero-order valence-corrected chi connectivity index (χ0v) is 16.4. The zero-order valence-electron chi connectivity index (χ0n) is 14.1. The van der Waals surface area contributed by atoms with E-state index in [4.69, 9.17) is 0 Å². The first kappa shape index (κ1) is 19.2. The summed E-state index contributed by atoms with van der Waals surface area (Å²) in [6.07, 6.45) is 1.15. The number of aliphatic imine (C=N–C) groups is 1. The van der Waals surface area contributed by atoms with Crippen LogP contribution in [0.3, 0.4) is 0 Å². The molecule has 1 aliphatic rings. The van der Waals surface area contributed by atoms with Gasteiger partial charge >= 0.3 is 0 Å². The molecule has 1 aliphatic heterocycles. The number of guanidine groups is 1. The molecule has 0 saturated carbocycles. The first-order chi connectivity index (χ1) is 10.1. The number of halogens is 1. The summed E-state index contributed by atoms with van der Waals surface area (Å²) in [5.74, 6) is 0.884. The fraction of sp³-hybridized carbons (Fsp3) is 0.588. The minimum Gasteiger partial charge on any atom is -0.355 e. The average Bonchev–Trinajstić information content (AvgIpc) is 2.50. The molecule has 4 nitrogen and oxygen atoms in total.